The van der Waals surface area contributed by atoms with Gasteiger partial charge in [0, 0.05) is 12.8 Å². The number of methoxy groups -OCH3 is 1. The van der Waals surface area contributed by atoms with Gasteiger partial charge in [0.15, 0.2) is 0 Å². The summed E-state index contributed by atoms with van der Waals surface area (Å²) in [6.07, 6.45) is 0. The molecule has 0 fully saturated rings. The van der Waals surface area contributed by atoms with E-state index in [2.05, 4.69) is 10.6 Å². The summed E-state index contributed by atoms with van der Waals surface area (Å²) >= 11 is 0. The number of anilines is 2. The highest BCUT2D eigenvalue weighted by Crippen LogP contribution is 2.23. The molecule has 0 bridgehead atoms. The summed E-state index contributed by atoms with van der Waals surface area (Å²) in [7, 11) is 1.63. The van der Waals surface area contributed by atoms with Gasteiger partial charge in [0.05, 0.1) is 18.8 Å². The van der Waals surface area contributed by atoms with Crippen molar-refractivity contribution in [1.29, 1.82) is 0 Å². The first-order chi connectivity index (χ1) is 15.7. The number of amides is 1. The summed E-state index contributed by atoms with van der Waals surface area (Å²) in [5.41, 5.74) is 1.43. The van der Waals surface area contributed by atoms with E-state index in [0.29, 0.717) is 37.9 Å². The van der Waals surface area contributed by atoms with Crippen LogP contribution in [0.2, 0.25) is 0 Å². The van der Waals surface area contributed by atoms with Crippen LogP contribution in [0.3, 0.4) is 0 Å². The maximum Gasteiger partial charge on any atom is 0.243 e. The van der Waals surface area contributed by atoms with Crippen LogP contribution in [0.5, 0.6) is 17.2 Å². The molecular formula is C25H28N2O5. The minimum atomic E-state index is -0.166. The first kappa shape index (κ1) is 23.0. The Labute approximate surface area is 188 Å². The number of benzene rings is 3. The lowest BCUT2D eigenvalue weighted by molar-refractivity contribution is -0.114. The number of carbonyl (C=O) groups excluding carboxylic acids is 1. The van der Waals surface area contributed by atoms with Crippen molar-refractivity contribution in [1.82, 2.24) is 0 Å². The largest absolute Gasteiger partial charge is 0.491 e. The average Bonchev–Trinajstić information content (AvgIpc) is 2.83. The SMILES string of the molecule is COCCOc1ccc(NC(=O)CNc2ccccc2OCCOc2ccccc2)cc1. The molecule has 1 amide bonds. The molecule has 0 spiro atoms. The predicted octanol–water partition coefficient (Wildman–Crippen LogP) is 4.22. The van der Waals surface area contributed by atoms with Crippen molar-refractivity contribution in [3.8, 4) is 17.2 Å². The summed E-state index contributed by atoms with van der Waals surface area (Å²) in [6, 6.07) is 24.3. The maximum atomic E-state index is 12.3. The third-order valence-corrected chi connectivity index (χ3v) is 4.37. The molecule has 0 aliphatic rings. The van der Waals surface area contributed by atoms with Gasteiger partial charge < -0.3 is 29.6 Å². The number of hydrogen-bond donors (Lipinski definition) is 2. The van der Waals surface area contributed by atoms with Gasteiger partial charge in [0.1, 0.15) is 37.1 Å². The second-order valence-electron chi connectivity index (χ2n) is 6.77. The topological polar surface area (TPSA) is 78.1 Å². The number of hydrogen-bond acceptors (Lipinski definition) is 6. The van der Waals surface area contributed by atoms with Gasteiger partial charge in [0.2, 0.25) is 5.91 Å². The molecule has 0 saturated carbocycles. The van der Waals surface area contributed by atoms with E-state index in [1.165, 1.54) is 0 Å². The highest BCUT2D eigenvalue weighted by Gasteiger charge is 2.07. The van der Waals surface area contributed by atoms with Gasteiger partial charge in [-0.05, 0) is 48.5 Å². The van der Waals surface area contributed by atoms with Gasteiger partial charge in [-0.25, -0.2) is 0 Å². The Bertz CT molecular complexity index is 948. The third-order valence-electron chi connectivity index (χ3n) is 4.37. The molecule has 0 aromatic heterocycles. The Morgan fingerprint density at radius 3 is 2.09 bits per heavy atom. The molecule has 3 aromatic carbocycles. The van der Waals surface area contributed by atoms with Gasteiger partial charge in [0.25, 0.3) is 0 Å². The zero-order valence-corrected chi connectivity index (χ0v) is 18.1. The van der Waals surface area contributed by atoms with Crippen molar-refractivity contribution in [3.63, 3.8) is 0 Å². The highest BCUT2D eigenvalue weighted by molar-refractivity contribution is 5.94. The fourth-order valence-electron chi connectivity index (χ4n) is 2.82. The minimum Gasteiger partial charge on any atom is -0.491 e. The molecule has 0 atom stereocenters. The van der Waals surface area contributed by atoms with E-state index in [4.69, 9.17) is 18.9 Å². The van der Waals surface area contributed by atoms with Gasteiger partial charge in [-0.3, -0.25) is 4.79 Å². The Morgan fingerprint density at radius 1 is 0.719 bits per heavy atom. The molecule has 32 heavy (non-hydrogen) atoms. The molecule has 0 saturated heterocycles. The monoisotopic (exact) mass is 436 g/mol. The first-order valence-corrected chi connectivity index (χ1v) is 10.4. The summed E-state index contributed by atoms with van der Waals surface area (Å²) in [5, 5.41) is 5.98. The zero-order chi connectivity index (χ0) is 22.4. The van der Waals surface area contributed by atoms with Crippen molar-refractivity contribution in [2.24, 2.45) is 0 Å². The average molecular weight is 437 g/mol. The second-order valence-corrected chi connectivity index (χ2v) is 6.77. The van der Waals surface area contributed by atoms with Crippen LogP contribution in [0.25, 0.3) is 0 Å². The molecule has 3 rings (SSSR count). The molecule has 0 radical (unpaired) electrons. The fraction of sp³-hybridized carbons (Fsp3) is 0.240. The standard InChI is InChI=1S/C25H28N2O5/c1-29-15-16-30-22-13-11-20(12-14-22)27-25(28)19-26-23-9-5-6-10-24(23)32-18-17-31-21-7-3-2-4-8-21/h2-14,26H,15-19H2,1H3,(H,27,28). The summed E-state index contributed by atoms with van der Waals surface area (Å²) in [6.45, 7) is 1.91. The Kier molecular flexibility index (Phi) is 9.23. The quantitative estimate of drug-likeness (QED) is 0.391. The van der Waals surface area contributed by atoms with Crippen LogP contribution in [0.4, 0.5) is 11.4 Å². The second kappa shape index (κ2) is 12.9. The highest BCUT2D eigenvalue weighted by atomic mass is 16.5. The minimum absolute atomic E-state index is 0.104. The van der Waals surface area contributed by atoms with Crippen LogP contribution < -0.4 is 24.8 Å². The lowest BCUT2D eigenvalue weighted by atomic mass is 10.3. The maximum absolute atomic E-state index is 12.3. The van der Waals surface area contributed by atoms with E-state index in [9.17, 15) is 4.79 Å². The van der Waals surface area contributed by atoms with Gasteiger partial charge in [-0.2, -0.15) is 0 Å². The molecular weight excluding hydrogens is 408 g/mol. The van der Waals surface area contributed by atoms with E-state index in [-0.39, 0.29) is 12.5 Å². The number of carbonyl (C=O) groups is 1. The van der Waals surface area contributed by atoms with E-state index in [1.54, 1.807) is 31.4 Å². The zero-order valence-electron chi connectivity index (χ0n) is 18.1. The van der Waals surface area contributed by atoms with Crippen molar-refractivity contribution in [2.75, 3.05) is 50.7 Å². The molecule has 7 nitrogen and oxygen atoms in total. The van der Waals surface area contributed by atoms with E-state index in [1.807, 2.05) is 54.6 Å². The van der Waals surface area contributed by atoms with Crippen LogP contribution in [0.15, 0.2) is 78.9 Å². The van der Waals surface area contributed by atoms with Crippen molar-refractivity contribution in [2.45, 2.75) is 0 Å². The number of para-hydroxylation sites is 3. The lowest BCUT2D eigenvalue weighted by Crippen LogP contribution is -2.22. The summed E-state index contributed by atoms with van der Waals surface area (Å²) in [4.78, 5) is 12.3. The van der Waals surface area contributed by atoms with Gasteiger partial charge in [-0.15, -0.1) is 0 Å². The summed E-state index contributed by atoms with van der Waals surface area (Å²) in [5.74, 6) is 2.02. The van der Waals surface area contributed by atoms with E-state index in [0.717, 1.165) is 17.2 Å². The van der Waals surface area contributed by atoms with E-state index < -0.39 is 0 Å². The third kappa shape index (κ3) is 7.85. The van der Waals surface area contributed by atoms with E-state index >= 15 is 0 Å². The Morgan fingerprint density at radius 2 is 1.34 bits per heavy atom. The molecule has 0 aliphatic heterocycles. The molecule has 3 aromatic rings. The number of ether oxygens (including phenoxy) is 4. The molecule has 0 unspecified atom stereocenters. The fourth-order valence-corrected chi connectivity index (χ4v) is 2.82. The Hall–Kier alpha value is -3.71. The van der Waals surface area contributed by atoms with Crippen molar-refractivity contribution in [3.05, 3.63) is 78.9 Å². The van der Waals surface area contributed by atoms with Crippen molar-refractivity contribution >= 4 is 17.3 Å². The molecule has 168 valence electrons. The van der Waals surface area contributed by atoms with Crippen LogP contribution in [-0.2, 0) is 9.53 Å². The summed E-state index contributed by atoms with van der Waals surface area (Å²) < 4.78 is 21.9. The lowest BCUT2D eigenvalue weighted by Gasteiger charge is -2.14. The normalized spacial score (nSPS) is 10.3. The van der Waals surface area contributed by atoms with Crippen LogP contribution in [-0.4, -0.2) is 46.0 Å². The number of nitrogens with one attached hydrogen (secondary N) is 2. The van der Waals surface area contributed by atoms with Gasteiger partial charge >= 0.3 is 0 Å². The van der Waals surface area contributed by atoms with Crippen molar-refractivity contribution < 1.29 is 23.7 Å². The van der Waals surface area contributed by atoms with Crippen LogP contribution in [0.1, 0.15) is 0 Å². The Balaban J connectivity index is 1.42. The predicted molar refractivity (Wildman–Crippen MR) is 125 cm³/mol. The van der Waals surface area contributed by atoms with Crippen LogP contribution >= 0.6 is 0 Å². The first-order valence-electron chi connectivity index (χ1n) is 10.4. The molecule has 0 aliphatic carbocycles. The molecule has 7 heteroatoms. The van der Waals surface area contributed by atoms with Gasteiger partial charge in [-0.1, -0.05) is 30.3 Å². The molecule has 0 heterocycles. The molecule has 2 N–H and O–H groups in total. The van der Waals surface area contributed by atoms with Crippen LogP contribution in [0, 0.1) is 0 Å². The number of rotatable bonds is 13. The smallest absolute Gasteiger partial charge is 0.243 e.